The summed E-state index contributed by atoms with van der Waals surface area (Å²) in [5.74, 6) is 0.498. The highest BCUT2D eigenvalue weighted by Gasteiger charge is 2.14. The molecule has 6 nitrogen and oxygen atoms in total. The van der Waals surface area contributed by atoms with Gasteiger partial charge in [-0.25, -0.2) is 4.98 Å². The van der Waals surface area contributed by atoms with Gasteiger partial charge in [0.05, 0.1) is 10.6 Å². The highest BCUT2D eigenvalue weighted by Crippen LogP contribution is 2.26. The topological polar surface area (TPSA) is 88.9 Å². The Kier molecular flexibility index (Phi) is 3.72. The van der Waals surface area contributed by atoms with Gasteiger partial charge in [0.25, 0.3) is 5.69 Å². The van der Waals surface area contributed by atoms with Crippen molar-refractivity contribution in [1.29, 1.82) is 0 Å². The normalized spacial score (nSPS) is 10.5. The number of imidazole rings is 1. The Labute approximate surface area is 132 Å². The smallest absolute Gasteiger partial charge is 0.269 e. The lowest BCUT2D eigenvalue weighted by Gasteiger charge is -1.98. The minimum Gasteiger partial charge on any atom is -0.335 e. The van der Waals surface area contributed by atoms with Gasteiger partial charge in [0.2, 0.25) is 0 Å². The summed E-state index contributed by atoms with van der Waals surface area (Å²) < 4.78 is 0. The summed E-state index contributed by atoms with van der Waals surface area (Å²) >= 11 is 0. The second kappa shape index (κ2) is 5.84. The summed E-state index contributed by atoms with van der Waals surface area (Å²) in [6, 6.07) is 13.7. The van der Waals surface area contributed by atoms with Crippen LogP contribution in [-0.4, -0.2) is 21.2 Å². The molecule has 3 aromatic rings. The minimum absolute atomic E-state index is 0.00896. The van der Waals surface area contributed by atoms with E-state index >= 15 is 0 Å². The number of carbonyl (C=O) groups excluding carboxylic acids is 1. The molecule has 0 spiro atoms. The summed E-state index contributed by atoms with van der Waals surface area (Å²) in [6.07, 6.45) is 0.719. The zero-order valence-electron chi connectivity index (χ0n) is 12.3. The van der Waals surface area contributed by atoms with Crippen LogP contribution >= 0.6 is 0 Å². The van der Waals surface area contributed by atoms with Crippen LogP contribution in [0.2, 0.25) is 0 Å². The van der Waals surface area contributed by atoms with E-state index in [1.807, 2.05) is 31.2 Å². The Hall–Kier alpha value is -3.28. The minimum atomic E-state index is -0.458. The second-order valence-corrected chi connectivity index (χ2v) is 5.14. The number of aromatic nitrogens is 2. The van der Waals surface area contributed by atoms with Crippen LogP contribution < -0.4 is 0 Å². The fourth-order valence-corrected chi connectivity index (χ4v) is 2.28. The lowest BCUT2D eigenvalue weighted by atomic mass is 10.1. The molecule has 0 aliphatic carbocycles. The van der Waals surface area contributed by atoms with Crippen molar-refractivity contribution in [2.75, 3.05) is 0 Å². The number of aromatic amines is 1. The van der Waals surface area contributed by atoms with Gasteiger partial charge in [0.1, 0.15) is 11.5 Å². The van der Waals surface area contributed by atoms with E-state index in [9.17, 15) is 14.9 Å². The van der Waals surface area contributed by atoms with Crippen LogP contribution in [0.15, 0.2) is 48.5 Å². The zero-order valence-corrected chi connectivity index (χ0v) is 12.3. The number of aldehydes is 1. The van der Waals surface area contributed by atoms with Gasteiger partial charge >= 0.3 is 0 Å². The van der Waals surface area contributed by atoms with Crippen LogP contribution in [0.25, 0.3) is 22.6 Å². The van der Waals surface area contributed by atoms with Gasteiger partial charge in [0.15, 0.2) is 6.29 Å². The molecule has 0 atom stereocenters. The van der Waals surface area contributed by atoms with E-state index in [-0.39, 0.29) is 5.69 Å². The van der Waals surface area contributed by atoms with Crippen molar-refractivity contribution in [2.24, 2.45) is 0 Å². The SMILES string of the molecule is Cc1ccc(-c2nc(-c3ccc([N+](=O)[O-])cc3)[nH]c2C=O)cc1. The molecule has 114 valence electrons. The molecule has 0 fully saturated rings. The molecule has 0 aliphatic heterocycles. The lowest BCUT2D eigenvalue weighted by Crippen LogP contribution is -1.88. The standard InChI is InChI=1S/C17H13N3O3/c1-11-2-4-12(5-3-11)16-15(10-21)18-17(19-16)13-6-8-14(9-7-13)20(22)23/h2-10H,1H3,(H,18,19). The quantitative estimate of drug-likeness (QED) is 0.451. The first-order valence-corrected chi connectivity index (χ1v) is 6.95. The second-order valence-electron chi connectivity index (χ2n) is 5.14. The van der Waals surface area contributed by atoms with Crippen molar-refractivity contribution >= 4 is 12.0 Å². The number of H-pyrrole nitrogens is 1. The molecule has 3 rings (SSSR count). The fourth-order valence-electron chi connectivity index (χ4n) is 2.28. The Balaban J connectivity index is 2.03. The average Bonchev–Trinajstić information content (AvgIpc) is 3.00. The molecular weight excluding hydrogens is 294 g/mol. The molecule has 2 aromatic carbocycles. The van der Waals surface area contributed by atoms with Gasteiger partial charge < -0.3 is 4.98 Å². The number of rotatable bonds is 4. The Morgan fingerprint density at radius 3 is 2.22 bits per heavy atom. The van der Waals surface area contributed by atoms with Crippen LogP contribution in [0.3, 0.4) is 0 Å². The van der Waals surface area contributed by atoms with E-state index in [0.29, 0.717) is 22.8 Å². The zero-order chi connectivity index (χ0) is 16.4. The van der Waals surface area contributed by atoms with Crippen molar-refractivity contribution in [3.05, 3.63) is 69.9 Å². The largest absolute Gasteiger partial charge is 0.335 e. The van der Waals surface area contributed by atoms with Crippen LogP contribution in [0.4, 0.5) is 5.69 Å². The molecule has 0 radical (unpaired) electrons. The number of nitro groups is 1. The number of nitro benzene ring substituents is 1. The Bertz CT molecular complexity index is 865. The number of nitrogens with zero attached hydrogens (tertiary/aromatic N) is 2. The summed E-state index contributed by atoms with van der Waals surface area (Å²) in [5.41, 5.74) is 3.58. The Morgan fingerprint density at radius 2 is 1.65 bits per heavy atom. The fraction of sp³-hybridized carbons (Fsp3) is 0.0588. The van der Waals surface area contributed by atoms with Crippen molar-refractivity contribution < 1.29 is 9.72 Å². The average molecular weight is 307 g/mol. The van der Waals surface area contributed by atoms with Crippen LogP contribution in [0.5, 0.6) is 0 Å². The van der Waals surface area contributed by atoms with Crippen molar-refractivity contribution in [1.82, 2.24) is 9.97 Å². The molecule has 0 amide bonds. The first-order valence-electron chi connectivity index (χ1n) is 6.95. The summed E-state index contributed by atoms with van der Waals surface area (Å²) in [7, 11) is 0. The summed E-state index contributed by atoms with van der Waals surface area (Å²) in [4.78, 5) is 29.0. The maximum absolute atomic E-state index is 11.3. The third-order valence-electron chi connectivity index (χ3n) is 3.53. The van der Waals surface area contributed by atoms with Gasteiger partial charge in [0, 0.05) is 23.3 Å². The van der Waals surface area contributed by atoms with Crippen molar-refractivity contribution in [3.8, 4) is 22.6 Å². The number of non-ortho nitro benzene ring substituents is 1. The molecule has 0 unspecified atom stereocenters. The van der Waals surface area contributed by atoms with Gasteiger partial charge in [-0.1, -0.05) is 29.8 Å². The molecule has 0 saturated heterocycles. The highest BCUT2D eigenvalue weighted by molar-refractivity contribution is 5.85. The van der Waals surface area contributed by atoms with E-state index in [0.717, 1.165) is 17.4 Å². The van der Waals surface area contributed by atoms with Crippen LogP contribution in [-0.2, 0) is 0 Å². The van der Waals surface area contributed by atoms with E-state index < -0.39 is 4.92 Å². The molecule has 0 saturated carbocycles. The molecule has 6 heteroatoms. The van der Waals surface area contributed by atoms with Gasteiger partial charge in [-0.05, 0) is 19.1 Å². The highest BCUT2D eigenvalue weighted by atomic mass is 16.6. The Morgan fingerprint density at radius 1 is 1.04 bits per heavy atom. The number of hydrogen-bond acceptors (Lipinski definition) is 4. The third-order valence-corrected chi connectivity index (χ3v) is 3.53. The lowest BCUT2D eigenvalue weighted by molar-refractivity contribution is -0.384. The van der Waals surface area contributed by atoms with E-state index in [1.54, 1.807) is 12.1 Å². The van der Waals surface area contributed by atoms with E-state index in [1.165, 1.54) is 12.1 Å². The summed E-state index contributed by atoms with van der Waals surface area (Å²) in [6.45, 7) is 1.98. The first kappa shape index (κ1) is 14.6. The van der Waals surface area contributed by atoms with Crippen LogP contribution in [0, 0.1) is 17.0 Å². The van der Waals surface area contributed by atoms with E-state index in [4.69, 9.17) is 0 Å². The molecule has 0 bridgehead atoms. The van der Waals surface area contributed by atoms with Crippen LogP contribution in [0.1, 0.15) is 16.1 Å². The predicted molar refractivity (Wildman–Crippen MR) is 86.2 cm³/mol. The van der Waals surface area contributed by atoms with E-state index in [2.05, 4.69) is 9.97 Å². The molecular formula is C17H13N3O3. The number of nitrogens with one attached hydrogen (secondary N) is 1. The maximum Gasteiger partial charge on any atom is 0.269 e. The first-order chi connectivity index (χ1) is 11.1. The molecule has 0 aliphatic rings. The number of carbonyl (C=O) groups is 1. The molecule has 1 aromatic heterocycles. The molecule has 1 N–H and O–H groups in total. The van der Waals surface area contributed by atoms with Crippen molar-refractivity contribution in [3.63, 3.8) is 0 Å². The maximum atomic E-state index is 11.3. The third kappa shape index (κ3) is 2.87. The van der Waals surface area contributed by atoms with Crippen molar-refractivity contribution in [2.45, 2.75) is 6.92 Å². The van der Waals surface area contributed by atoms with Gasteiger partial charge in [-0.3, -0.25) is 14.9 Å². The number of aryl methyl sites for hydroxylation is 1. The van der Waals surface area contributed by atoms with Gasteiger partial charge in [-0.15, -0.1) is 0 Å². The summed E-state index contributed by atoms with van der Waals surface area (Å²) in [5, 5.41) is 10.7. The number of hydrogen-bond donors (Lipinski definition) is 1. The monoisotopic (exact) mass is 307 g/mol. The number of benzene rings is 2. The molecule has 1 heterocycles. The predicted octanol–water partition coefficient (Wildman–Crippen LogP) is 3.77. The molecule has 23 heavy (non-hydrogen) atoms. The van der Waals surface area contributed by atoms with Gasteiger partial charge in [-0.2, -0.15) is 0 Å².